The third kappa shape index (κ3) is 8.17. The summed E-state index contributed by atoms with van der Waals surface area (Å²) in [5, 5.41) is 5.35. The van der Waals surface area contributed by atoms with Crippen LogP contribution in [0.5, 0.6) is 0 Å². The lowest BCUT2D eigenvalue weighted by Gasteiger charge is -2.24. The zero-order valence-corrected chi connectivity index (χ0v) is 17.1. The molecule has 0 saturated carbocycles. The number of carbonyl (C=O) groups is 3. The van der Waals surface area contributed by atoms with E-state index >= 15 is 0 Å². The lowest BCUT2D eigenvalue weighted by molar-refractivity contribution is -0.125. The number of amides is 2. The van der Waals surface area contributed by atoms with Gasteiger partial charge in [0.1, 0.15) is 17.9 Å². The van der Waals surface area contributed by atoms with Gasteiger partial charge < -0.3 is 20.2 Å². The average Bonchev–Trinajstić information content (AvgIpc) is 2.67. The lowest BCUT2D eigenvalue weighted by Crippen LogP contribution is -2.52. The second-order valence-electron chi connectivity index (χ2n) is 7.83. The van der Waals surface area contributed by atoms with Crippen LogP contribution >= 0.6 is 0 Å². The average molecular weight is 396 g/mol. The van der Waals surface area contributed by atoms with Gasteiger partial charge in [0, 0.05) is 6.42 Å². The number of hydrogen-bond acceptors (Lipinski definition) is 4. The van der Waals surface area contributed by atoms with Crippen molar-refractivity contribution in [2.75, 3.05) is 0 Å². The summed E-state index contributed by atoms with van der Waals surface area (Å²) in [6.45, 7) is 5.25. The van der Waals surface area contributed by atoms with Crippen LogP contribution in [0.15, 0.2) is 60.7 Å². The number of alkyl carbamates (subject to hydrolysis) is 1. The molecule has 2 aromatic carbocycles. The Hall–Kier alpha value is -3.15. The topological polar surface area (TPSA) is 84.5 Å². The Morgan fingerprint density at radius 1 is 0.897 bits per heavy atom. The van der Waals surface area contributed by atoms with Gasteiger partial charge in [-0.25, -0.2) is 4.79 Å². The molecule has 0 heterocycles. The first-order valence-corrected chi connectivity index (χ1v) is 9.60. The van der Waals surface area contributed by atoms with Crippen molar-refractivity contribution < 1.29 is 19.1 Å². The van der Waals surface area contributed by atoms with E-state index < -0.39 is 29.7 Å². The maximum absolute atomic E-state index is 12.9. The van der Waals surface area contributed by atoms with E-state index in [1.807, 2.05) is 60.7 Å². The highest BCUT2D eigenvalue weighted by Gasteiger charge is 2.26. The minimum atomic E-state index is -0.870. The molecule has 0 bridgehead atoms. The van der Waals surface area contributed by atoms with E-state index in [9.17, 15) is 14.4 Å². The molecule has 2 atom stereocenters. The van der Waals surface area contributed by atoms with Crippen LogP contribution < -0.4 is 10.6 Å². The van der Waals surface area contributed by atoms with Crippen molar-refractivity contribution in [3.63, 3.8) is 0 Å². The van der Waals surface area contributed by atoms with Crippen LogP contribution in [0, 0.1) is 0 Å². The smallest absolute Gasteiger partial charge is 0.408 e. The molecule has 0 aliphatic carbocycles. The molecular weight excluding hydrogens is 368 g/mol. The Balaban J connectivity index is 2.09. The van der Waals surface area contributed by atoms with E-state index in [1.165, 1.54) is 0 Å². The Morgan fingerprint density at radius 2 is 1.41 bits per heavy atom. The van der Waals surface area contributed by atoms with Crippen LogP contribution in [-0.4, -0.2) is 36.0 Å². The molecule has 0 unspecified atom stereocenters. The molecule has 6 nitrogen and oxygen atoms in total. The van der Waals surface area contributed by atoms with E-state index in [4.69, 9.17) is 4.74 Å². The van der Waals surface area contributed by atoms with E-state index in [0.29, 0.717) is 12.7 Å². The van der Waals surface area contributed by atoms with Crippen LogP contribution in [0.3, 0.4) is 0 Å². The highest BCUT2D eigenvalue weighted by molar-refractivity contribution is 5.88. The summed E-state index contributed by atoms with van der Waals surface area (Å²) in [6, 6.07) is 17.2. The highest BCUT2D eigenvalue weighted by Crippen LogP contribution is 2.09. The fourth-order valence-electron chi connectivity index (χ4n) is 2.79. The maximum Gasteiger partial charge on any atom is 0.408 e. The number of aldehydes is 1. The molecule has 29 heavy (non-hydrogen) atoms. The summed E-state index contributed by atoms with van der Waals surface area (Å²) >= 11 is 0. The first-order valence-electron chi connectivity index (χ1n) is 9.60. The summed E-state index contributed by atoms with van der Waals surface area (Å²) < 4.78 is 5.28. The first kappa shape index (κ1) is 22.1. The molecule has 0 saturated heterocycles. The monoisotopic (exact) mass is 396 g/mol. The molecule has 0 aromatic heterocycles. The van der Waals surface area contributed by atoms with Gasteiger partial charge in [-0.2, -0.15) is 0 Å². The summed E-state index contributed by atoms with van der Waals surface area (Å²) in [5.41, 5.74) is 1.13. The predicted octanol–water partition coefficient (Wildman–Crippen LogP) is 3.05. The minimum absolute atomic E-state index is 0.281. The summed E-state index contributed by atoms with van der Waals surface area (Å²) in [5.74, 6) is -0.437. The van der Waals surface area contributed by atoms with Crippen molar-refractivity contribution in [3.05, 3.63) is 71.8 Å². The molecule has 2 amide bonds. The summed E-state index contributed by atoms with van der Waals surface area (Å²) in [7, 11) is 0. The quantitative estimate of drug-likeness (QED) is 0.672. The minimum Gasteiger partial charge on any atom is -0.444 e. The molecule has 0 aliphatic heterocycles. The lowest BCUT2D eigenvalue weighted by atomic mass is 10.0. The molecular formula is C23H28N2O4. The van der Waals surface area contributed by atoms with Crippen molar-refractivity contribution in [2.45, 2.75) is 51.3 Å². The molecule has 0 fully saturated rings. The number of nitrogens with one attached hydrogen (secondary N) is 2. The van der Waals surface area contributed by atoms with Crippen molar-refractivity contribution in [1.29, 1.82) is 0 Å². The second-order valence-corrected chi connectivity index (χ2v) is 7.83. The number of benzene rings is 2. The standard InChI is InChI=1S/C23H28N2O4/c1-23(2,3)29-22(28)25-20(15-18-12-8-5-9-13-18)21(27)24-19(16-26)14-17-10-6-4-7-11-17/h4-13,16,19-20H,14-15H2,1-3H3,(H,24,27)(H,25,28)/t19-,20+/m0/s1. The Kier molecular flexibility index (Phi) is 7.95. The Morgan fingerprint density at radius 3 is 1.90 bits per heavy atom. The van der Waals surface area contributed by atoms with Crippen LogP contribution in [0.25, 0.3) is 0 Å². The van der Waals surface area contributed by atoms with E-state index in [1.54, 1.807) is 20.8 Å². The molecule has 154 valence electrons. The van der Waals surface area contributed by atoms with Gasteiger partial charge in [0.15, 0.2) is 0 Å². The van der Waals surface area contributed by atoms with Crippen molar-refractivity contribution >= 4 is 18.3 Å². The maximum atomic E-state index is 12.9. The zero-order valence-electron chi connectivity index (χ0n) is 17.1. The van der Waals surface area contributed by atoms with Gasteiger partial charge in [0.25, 0.3) is 0 Å². The van der Waals surface area contributed by atoms with Crippen molar-refractivity contribution in [3.8, 4) is 0 Å². The largest absolute Gasteiger partial charge is 0.444 e. The summed E-state index contributed by atoms with van der Waals surface area (Å²) in [6.07, 6.45) is 0.681. The summed E-state index contributed by atoms with van der Waals surface area (Å²) in [4.78, 5) is 36.6. The van der Waals surface area contributed by atoms with Crippen molar-refractivity contribution in [1.82, 2.24) is 10.6 Å². The van der Waals surface area contributed by atoms with E-state index in [0.717, 1.165) is 11.1 Å². The zero-order chi connectivity index (χ0) is 21.3. The fraction of sp³-hybridized carbons (Fsp3) is 0.348. The molecule has 0 aliphatic rings. The first-order chi connectivity index (χ1) is 13.8. The van der Waals surface area contributed by atoms with E-state index in [-0.39, 0.29) is 6.42 Å². The fourth-order valence-corrected chi connectivity index (χ4v) is 2.79. The van der Waals surface area contributed by atoms with Gasteiger partial charge in [-0.05, 0) is 38.3 Å². The molecule has 0 spiro atoms. The number of carbonyl (C=O) groups excluding carboxylic acids is 3. The van der Waals surface area contributed by atoms with Crippen LogP contribution in [0.1, 0.15) is 31.9 Å². The van der Waals surface area contributed by atoms with Crippen LogP contribution in [0.4, 0.5) is 4.79 Å². The van der Waals surface area contributed by atoms with Gasteiger partial charge in [-0.1, -0.05) is 60.7 Å². The number of rotatable bonds is 8. The van der Waals surface area contributed by atoms with Crippen LogP contribution in [-0.2, 0) is 27.2 Å². The van der Waals surface area contributed by atoms with Gasteiger partial charge in [-0.15, -0.1) is 0 Å². The van der Waals surface area contributed by atoms with Gasteiger partial charge in [0.2, 0.25) is 5.91 Å². The molecule has 2 N–H and O–H groups in total. The van der Waals surface area contributed by atoms with Crippen LogP contribution in [0.2, 0.25) is 0 Å². The molecule has 2 aromatic rings. The van der Waals surface area contributed by atoms with Gasteiger partial charge in [0.05, 0.1) is 6.04 Å². The van der Waals surface area contributed by atoms with Gasteiger partial charge in [-0.3, -0.25) is 4.79 Å². The number of hydrogen-bond donors (Lipinski definition) is 2. The molecule has 0 radical (unpaired) electrons. The predicted molar refractivity (Wildman–Crippen MR) is 111 cm³/mol. The molecule has 6 heteroatoms. The highest BCUT2D eigenvalue weighted by atomic mass is 16.6. The Labute approximate surface area is 171 Å². The third-order valence-corrected chi connectivity index (χ3v) is 4.08. The van der Waals surface area contributed by atoms with E-state index in [2.05, 4.69) is 10.6 Å². The normalized spacial score (nSPS) is 13.1. The van der Waals surface area contributed by atoms with Gasteiger partial charge >= 0.3 is 6.09 Å². The SMILES string of the molecule is CC(C)(C)OC(=O)N[C@H](Cc1ccccc1)C(=O)N[C@H](C=O)Cc1ccccc1. The van der Waals surface area contributed by atoms with Crippen molar-refractivity contribution in [2.24, 2.45) is 0 Å². The number of ether oxygens (including phenoxy) is 1. The molecule has 2 rings (SSSR count). The third-order valence-electron chi connectivity index (χ3n) is 4.08. The Bertz CT molecular complexity index is 801. The second kappa shape index (κ2) is 10.4.